The minimum Gasteiger partial charge on any atom is -0.366 e. The van der Waals surface area contributed by atoms with Crippen LogP contribution >= 0.6 is 0 Å². The van der Waals surface area contributed by atoms with E-state index in [9.17, 15) is 14.4 Å². The molecule has 0 radical (unpaired) electrons. The highest BCUT2D eigenvalue weighted by atomic mass is 16.5. The molecule has 38 heavy (non-hydrogen) atoms. The molecule has 1 fully saturated rings. The summed E-state index contributed by atoms with van der Waals surface area (Å²) in [6.07, 6.45) is 3.46. The average Bonchev–Trinajstić information content (AvgIpc) is 3.31. The molecule has 1 aromatic heterocycles. The number of amides is 2. The van der Waals surface area contributed by atoms with Gasteiger partial charge in [-0.05, 0) is 43.4 Å². The monoisotopic (exact) mass is 518 g/mol. The van der Waals surface area contributed by atoms with Crippen LogP contribution in [0.4, 0.5) is 0 Å². The largest absolute Gasteiger partial charge is 0.366 e. The lowest BCUT2D eigenvalue weighted by atomic mass is 10.0. The molecule has 0 spiro atoms. The van der Waals surface area contributed by atoms with Crippen LogP contribution in [0.15, 0.2) is 54.6 Å². The molecule has 2 heterocycles. The second kappa shape index (κ2) is 13.9. The highest BCUT2D eigenvalue weighted by Gasteiger charge is 2.27. The zero-order valence-electron chi connectivity index (χ0n) is 22.1. The fourth-order valence-electron chi connectivity index (χ4n) is 4.91. The molecule has 0 bridgehead atoms. The Kier molecular flexibility index (Phi) is 10.1. The summed E-state index contributed by atoms with van der Waals surface area (Å²) in [5.41, 5.74) is 4.36. The van der Waals surface area contributed by atoms with E-state index in [2.05, 4.69) is 45.2 Å². The van der Waals surface area contributed by atoms with E-state index in [-0.39, 0.29) is 17.6 Å². The van der Waals surface area contributed by atoms with Gasteiger partial charge in [0.1, 0.15) is 17.9 Å². The van der Waals surface area contributed by atoms with Crippen LogP contribution < -0.4 is 16.0 Å². The van der Waals surface area contributed by atoms with E-state index in [4.69, 9.17) is 4.74 Å². The molecule has 4 N–H and O–H groups in total. The van der Waals surface area contributed by atoms with Gasteiger partial charge in [0.25, 0.3) is 5.91 Å². The van der Waals surface area contributed by atoms with E-state index in [1.807, 2.05) is 30.3 Å². The second-order valence-electron chi connectivity index (χ2n) is 9.86. The summed E-state index contributed by atoms with van der Waals surface area (Å²) in [5.74, 6) is -0.305. The predicted molar refractivity (Wildman–Crippen MR) is 149 cm³/mol. The van der Waals surface area contributed by atoms with Gasteiger partial charge in [-0.25, -0.2) is 0 Å². The number of aromatic nitrogens is 1. The quantitative estimate of drug-likeness (QED) is 0.259. The number of benzene rings is 2. The summed E-state index contributed by atoms with van der Waals surface area (Å²) in [6.45, 7) is 3.64. The van der Waals surface area contributed by atoms with Crippen LogP contribution in [0, 0.1) is 0 Å². The van der Waals surface area contributed by atoms with E-state index in [0.29, 0.717) is 45.5 Å². The minimum absolute atomic E-state index is 0.168. The number of nitrogens with one attached hydrogen (secondary N) is 4. The van der Waals surface area contributed by atoms with Gasteiger partial charge in [0, 0.05) is 42.7 Å². The number of ether oxygens (including phenoxy) is 1. The molecule has 2 atom stereocenters. The summed E-state index contributed by atoms with van der Waals surface area (Å²) >= 11 is 0. The van der Waals surface area contributed by atoms with Crippen LogP contribution in [0.25, 0.3) is 22.2 Å². The molecule has 8 nitrogen and oxygen atoms in total. The molecule has 3 aromatic rings. The smallest absolute Gasteiger partial charge is 0.251 e. The summed E-state index contributed by atoms with van der Waals surface area (Å²) < 4.78 is 5.57. The average molecular weight is 519 g/mol. The van der Waals surface area contributed by atoms with Crippen molar-refractivity contribution in [3.63, 3.8) is 0 Å². The van der Waals surface area contributed by atoms with Crippen molar-refractivity contribution in [1.82, 2.24) is 20.9 Å². The van der Waals surface area contributed by atoms with Crippen LogP contribution in [0.1, 0.15) is 44.6 Å². The number of morpholine rings is 1. The van der Waals surface area contributed by atoms with E-state index in [1.54, 1.807) is 6.92 Å². The molecule has 2 unspecified atom stereocenters. The zero-order valence-corrected chi connectivity index (χ0v) is 22.1. The Morgan fingerprint density at radius 1 is 1.03 bits per heavy atom. The number of para-hydroxylation sites is 1. The summed E-state index contributed by atoms with van der Waals surface area (Å²) in [5, 5.41) is 10.2. The number of hydrogen-bond donors (Lipinski definition) is 4. The maximum atomic E-state index is 13.2. The van der Waals surface area contributed by atoms with Gasteiger partial charge in [0.2, 0.25) is 5.91 Å². The first kappa shape index (κ1) is 27.5. The van der Waals surface area contributed by atoms with Gasteiger partial charge < -0.3 is 30.5 Å². The minimum atomic E-state index is -0.651. The Hall–Kier alpha value is -3.49. The van der Waals surface area contributed by atoms with Crippen molar-refractivity contribution >= 4 is 28.5 Å². The lowest BCUT2D eigenvalue weighted by Gasteiger charge is -2.25. The third kappa shape index (κ3) is 7.52. The summed E-state index contributed by atoms with van der Waals surface area (Å²) in [7, 11) is 0. The number of aromatic amines is 1. The standard InChI is InChI=1S/C30H38N4O4/c1-21(35)10-4-2-7-15-26(34-30(37)27-20-31-18-19-38-27)29(36)32-17-16-24-23-13-8-9-14-25(23)33-28(24)22-11-5-3-6-12-22/h3,5-6,8-9,11-14,26-27,31,33H,2,4,7,10,15-20H2,1H3,(H,32,36)(H,34,37). The molecule has 0 aliphatic carbocycles. The number of ketones is 1. The number of hydrogen-bond acceptors (Lipinski definition) is 5. The van der Waals surface area contributed by atoms with Crippen molar-refractivity contribution in [2.45, 2.75) is 57.6 Å². The van der Waals surface area contributed by atoms with Crippen LogP contribution in [0.3, 0.4) is 0 Å². The molecule has 1 aliphatic heterocycles. The fourth-order valence-corrected chi connectivity index (χ4v) is 4.91. The van der Waals surface area contributed by atoms with Gasteiger partial charge in [-0.15, -0.1) is 0 Å². The van der Waals surface area contributed by atoms with Crippen LogP contribution in [0.2, 0.25) is 0 Å². The lowest BCUT2D eigenvalue weighted by Crippen LogP contribution is -2.54. The number of carbonyl (C=O) groups excluding carboxylic acids is 3. The van der Waals surface area contributed by atoms with Crippen molar-refractivity contribution in [3.8, 4) is 11.3 Å². The Bertz CT molecular complexity index is 1220. The second-order valence-corrected chi connectivity index (χ2v) is 9.86. The Morgan fingerprint density at radius 3 is 2.58 bits per heavy atom. The number of unbranched alkanes of at least 4 members (excludes halogenated alkanes) is 2. The van der Waals surface area contributed by atoms with E-state index in [0.717, 1.165) is 47.0 Å². The maximum Gasteiger partial charge on any atom is 0.251 e. The fraction of sp³-hybridized carbons (Fsp3) is 0.433. The van der Waals surface area contributed by atoms with Crippen molar-refractivity contribution in [2.75, 3.05) is 26.2 Å². The van der Waals surface area contributed by atoms with Crippen molar-refractivity contribution < 1.29 is 19.1 Å². The molecule has 4 rings (SSSR count). The third-order valence-corrected chi connectivity index (χ3v) is 6.92. The molecule has 202 valence electrons. The van der Waals surface area contributed by atoms with Crippen LogP contribution in [0.5, 0.6) is 0 Å². The number of H-pyrrole nitrogens is 1. The SMILES string of the molecule is CC(=O)CCCCCC(NC(=O)C1CNCCO1)C(=O)NCCc1c(-c2ccccc2)[nH]c2ccccc12. The predicted octanol–water partition coefficient (Wildman–Crippen LogP) is 3.51. The van der Waals surface area contributed by atoms with Crippen LogP contribution in [-0.4, -0.2) is 61.0 Å². The first-order valence-corrected chi connectivity index (χ1v) is 13.6. The molecule has 0 saturated carbocycles. The van der Waals surface area contributed by atoms with Crippen molar-refractivity contribution in [1.29, 1.82) is 0 Å². The lowest BCUT2D eigenvalue weighted by molar-refractivity contribution is -0.138. The molecular formula is C30H38N4O4. The highest BCUT2D eigenvalue weighted by Crippen LogP contribution is 2.30. The van der Waals surface area contributed by atoms with Gasteiger partial charge in [-0.1, -0.05) is 61.4 Å². The Balaban J connectivity index is 1.40. The normalized spacial score (nSPS) is 16.2. The summed E-state index contributed by atoms with van der Waals surface area (Å²) in [4.78, 5) is 40.8. The van der Waals surface area contributed by atoms with Gasteiger partial charge >= 0.3 is 0 Å². The Morgan fingerprint density at radius 2 is 1.82 bits per heavy atom. The summed E-state index contributed by atoms with van der Waals surface area (Å²) in [6, 6.07) is 17.7. The number of Topliss-reactive ketones (excluding diaryl/α,β-unsaturated/α-hetero) is 1. The molecule has 2 aromatic carbocycles. The van der Waals surface area contributed by atoms with Gasteiger partial charge in [0.15, 0.2) is 0 Å². The number of carbonyl (C=O) groups is 3. The zero-order chi connectivity index (χ0) is 26.7. The van der Waals surface area contributed by atoms with Gasteiger partial charge in [-0.3, -0.25) is 9.59 Å². The van der Waals surface area contributed by atoms with E-state index < -0.39 is 12.1 Å². The van der Waals surface area contributed by atoms with Crippen LogP contribution in [-0.2, 0) is 25.5 Å². The first-order chi connectivity index (χ1) is 18.5. The molecule has 8 heteroatoms. The van der Waals surface area contributed by atoms with E-state index in [1.165, 1.54) is 0 Å². The Labute approximate surface area is 223 Å². The first-order valence-electron chi connectivity index (χ1n) is 13.6. The maximum absolute atomic E-state index is 13.2. The third-order valence-electron chi connectivity index (χ3n) is 6.92. The highest BCUT2D eigenvalue weighted by molar-refractivity contribution is 5.91. The van der Waals surface area contributed by atoms with Gasteiger partial charge in [-0.2, -0.15) is 0 Å². The number of rotatable bonds is 13. The molecule has 1 saturated heterocycles. The van der Waals surface area contributed by atoms with Crippen molar-refractivity contribution in [3.05, 3.63) is 60.2 Å². The van der Waals surface area contributed by atoms with Crippen molar-refractivity contribution in [2.24, 2.45) is 0 Å². The molecule has 2 amide bonds. The topological polar surface area (TPSA) is 112 Å². The number of fused-ring (bicyclic) bond motifs is 1. The van der Waals surface area contributed by atoms with Gasteiger partial charge in [0.05, 0.1) is 6.61 Å². The van der Waals surface area contributed by atoms with E-state index >= 15 is 0 Å². The molecular weight excluding hydrogens is 480 g/mol. The molecule has 1 aliphatic rings.